The van der Waals surface area contributed by atoms with E-state index in [1.54, 1.807) is 0 Å². The van der Waals surface area contributed by atoms with Gasteiger partial charge in [0.1, 0.15) is 0 Å². The number of carbonyl (C=O) groups excluding carboxylic acids is 1. The lowest BCUT2D eigenvalue weighted by molar-refractivity contribution is -0.120. The fraction of sp³-hybridized carbons (Fsp3) is 0.500. The third-order valence-corrected chi connectivity index (χ3v) is 2.18. The quantitative estimate of drug-likeness (QED) is 0.633. The summed E-state index contributed by atoms with van der Waals surface area (Å²) in [6, 6.07) is -0.262. The van der Waals surface area contributed by atoms with Crippen molar-refractivity contribution in [2.24, 2.45) is 11.7 Å². The molecule has 1 aromatic rings. The summed E-state index contributed by atoms with van der Waals surface area (Å²) in [5.74, 6) is -0.386. The Hall–Kier alpha value is -1.60. The predicted molar refractivity (Wildman–Crippen MR) is 50.7 cm³/mol. The van der Waals surface area contributed by atoms with Crippen molar-refractivity contribution in [3.63, 3.8) is 0 Å². The first-order valence-electron chi connectivity index (χ1n) is 4.55. The van der Waals surface area contributed by atoms with E-state index in [1.165, 1.54) is 12.4 Å². The van der Waals surface area contributed by atoms with Crippen LogP contribution in [0.25, 0.3) is 0 Å². The van der Waals surface area contributed by atoms with Gasteiger partial charge in [0.25, 0.3) is 0 Å². The molecule has 15 heavy (non-hydrogen) atoms. The minimum Gasteiger partial charge on any atom is -0.379 e. The first-order valence-corrected chi connectivity index (χ1v) is 4.55. The molecule has 2 heterocycles. The molecule has 1 aliphatic rings. The number of hydrogen-bond acceptors (Lipinski definition) is 6. The van der Waals surface area contributed by atoms with Gasteiger partial charge in [0.2, 0.25) is 11.9 Å². The highest BCUT2D eigenvalue weighted by atomic mass is 16.5. The normalized spacial score (nSPS) is 25.1. The molecule has 0 radical (unpaired) electrons. The van der Waals surface area contributed by atoms with Gasteiger partial charge < -0.3 is 10.5 Å². The van der Waals surface area contributed by atoms with Crippen LogP contribution in [0.4, 0.5) is 5.95 Å². The highest BCUT2D eigenvalue weighted by Crippen LogP contribution is 2.13. The van der Waals surface area contributed by atoms with Gasteiger partial charge in [-0.1, -0.05) is 0 Å². The molecule has 1 fully saturated rings. The van der Waals surface area contributed by atoms with Gasteiger partial charge in [-0.15, -0.1) is 5.10 Å². The van der Waals surface area contributed by atoms with Crippen LogP contribution < -0.4 is 11.1 Å². The number of nitrogens with two attached hydrogens (primary N) is 1. The van der Waals surface area contributed by atoms with E-state index in [2.05, 4.69) is 20.5 Å². The second-order valence-corrected chi connectivity index (χ2v) is 3.26. The van der Waals surface area contributed by atoms with Crippen molar-refractivity contribution >= 4 is 11.9 Å². The van der Waals surface area contributed by atoms with E-state index in [1.807, 2.05) is 0 Å². The zero-order chi connectivity index (χ0) is 10.7. The molecule has 0 aliphatic carbocycles. The third kappa shape index (κ3) is 2.25. The fourth-order valence-electron chi connectivity index (χ4n) is 1.35. The van der Waals surface area contributed by atoms with E-state index >= 15 is 0 Å². The molecular formula is C8H11N5O2. The molecule has 7 heteroatoms. The SMILES string of the molecule is NC1COCC1C(=O)Nc1nccnn1. The summed E-state index contributed by atoms with van der Waals surface area (Å²) >= 11 is 0. The maximum absolute atomic E-state index is 11.6. The molecule has 2 rings (SSSR count). The smallest absolute Gasteiger partial charge is 0.249 e. The summed E-state index contributed by atoms with van der Waals surface area (Å²) in [6.07, 6.45) is 2.88. The molecule has 2 unspecified atom stereocenters. The number of ether oxygens (including phenoxy) is 1. The van der Waals surface area contributed by atoms with Gasteiger partial charge in [-0.3, -0.25) is 10.1 Å². The molecule has 7 nitrogen and oxygen atoms in total. The minimum absolute atomic E-state index is 0.182. The molecule has 0 bridgehead atoms. The Labute approximate surface area is 86.0 Å². The van der Waals surface area contributed by atoms with E-state index in [-0.39, 0.29) is 23.8 Å². The van der Waals surface area contributed by atoms with Crippen LogP contribution in [0.1, 0.15) is 0 Å². The maximum Gasteiger partial charge on any atom is 0.249 e. The Morgan fingerprint density at radius 2 is 2.40 bits per heavy atom. The molecule has 2 atom stereocenters. The second-order valence-electron chi connectivity index (χ2n) is 3.26. The molecule has 0 aromatic carbocycles. The second kappa shape index (κ2) is 4.28. The van der Waals surface area contributed by atoms with Crippen molar-refractivity contribution in [3.05, 3.63) is 12.4 Å². The van der Waals surface area contributed by atoms with E-state index in [4.69, 9.17) is 10.5 Å². The van der Waals surface area contributed by atoms with Crippen LogP contribution in [0.5, 0.6) is 0 Å². The van der Waals surface area contributed by atoms with Crippen LogP contribution in [-0.2, 0) is 9.53 Å². The highest BCUT2D eigenvalue weighted by Gasteiger charge is 2.31. The summed E-state index contributed by atoms with van der Waals surface area (Å²) in [4.78, 5) is 15.5. The number of nitrogens with zero attached hydrogens (tertiary/aromatic N) is 3. The van der Waals surface area contributed by atoms with Gasteiger partial charge in [-0.25, -0.2) is 4.98 Å². The van der Waals surface area contributed by atoms with E-state index in [0.29, 0.717) is 13.2 Å². The van der Waals surface area contributed by atoms with Crippen LogP contribution in [0, 0.1) is 5.92 Å². The Kier molecular flexibility index (Phi) is 2.84. The van der Waals surface area contributed by atoms with Crippen molar-refractivity contribution < 1.29 is 9.53 Å². The molecular weight excluding hydrogens is 198 g/mol. The van der Waals surface area contributed by atoms with Crippen LogP contribution in [0.15, 0.2) is 12.4 Å². The van der Waals surface area contributed by atoms with Crippen molar-refractivity contribution in [3.8, 4) is 0 Å². The molecule has 3 N–H and O–H groups in total. The number of carbonyl (C=O) groups is 1. The van der Waals surface area contributed by atoms with Crippen molar-refractivity contribution in [2.75, 3.05) is 18.5 Å². The third-order valence-electron chi connectivity index (χ3n) is 2.18. The summed E-state index contributed by atoms with van der Waals surface area (Å²) in [5.41, 5.74) is 5.69. The van der Waals surface area contributed by atoms with E-state index in [0.717, 1.165) is 0 Å². The Balaban J connectivity index is 1.98. The number of anilines is 1. The molecule has 0 saturated carbocycles. The van der Waals surface area contributed by atoms with Gasteiger partial charge in [-0.2, -0.15) is 5.10 Å². The lowest BCUT2D eigenvalue weighted by Crippen LogP contribution is -2.37. The van der Waals surface area contributed by atoms with Crippen LogP contribution in [0.3, 0.4) is 0 Å². The van der Waals surface area contributed by atoms with Crippen molar-refractivity contribution in [1.82, 2.24) is 15.2 Å². The largest absolute Gasteiger partial charge is 0.379 e. The topological polar surface area (TPSA) is 103 Å². The summed E-state index contributed by atoms with van der Waals surface area (Å²) < 4.78 is 5.09. The molecule has 1 aliphatic heterocycles. The van der Waals surface area contributed by atoms with Gasteiger partial charge in [0.05, 0.1) is 31.5 Å². The number of amides is 1. The van der Waals surface area contributed by atoms with Crippen molar-refractivity contribution in [1.29, 1.82) is 0 Å². The summed E-state index contributed by atoms with van der Waals surface area (Å²) in [7, 11) is 0. The Morgan fingerprint density at radius 1 is 1.53 bits per heavy atom. The predicted octanol–water partition coefficient (Wildman–Crippen LogP) is -1.22. The Morgan fingerprint density at radius 3 is 3.00 bits per heavy atom. The van der Waals surface area contributed by atoms with Gasteiger partial charge in [0, 0.05) is 6.04 Å². The molecule has 80 valence electrons. The number of aromatic nitrogens is 3. The molecule has 0 spiro atoms. The first kappa shape index (κ1) is 9.94. The summed E-state index contributed by atoms with van der Waals surface area (Å²) in [5, 5.41) is 9.76. The molecule has 1 saturated heterocycles. The van der Waals surface area contributed by atoms with Gasteiger partial charge in [0.15, 0.2) is 0 Å². The maximum atomic E-state index is 11.6. The first-order chi connectivity index (χ1) is 7.27. The Bertz CT molecular complexity index is 344. The minimum atomic E-state index is -0.339. The summed E-state index contributed by atoms with van der Waals surface area (Å²) in [6.45, 7) is 0.749. The van der Waals surface area contributed by atoms with Crippen LogP contribution >= 0.6 is 0 Å². The van der Waals surface area contributed by atoms with Gasteiger partial charge >= 0.3 is 0 Å². The monoisotopic (exact) mass is 209 g/mol. The average Bonchev–Trinajstić information content (AvgIpc) is 2.66. The number of hydrogen-bond donors (Lipinski definition) is 2. The molecule has 1 aromatic heterocycles. The van der Waals surface area contributed by atoms with Gasteiger partial charge in [-0.05, 0) is 0 Å². The highest BCUT2D eigenvalue weighted by molar-refractivity contribution is 5.91. The standard InChI is InChI=1S/C8H11N5O2/c9-6-4-15-3-5(6)7(14)12-8-10-1-2-11-13-8/h1-2,5-6H,3-4,9H2,(H,10,12,13,14). The average molecular weight is 209 g/mol. The zero-order valence-corrected chi connectivity index (χ0v) is 7.96. The van der Waals surface area contributed by atoms with Crippen LogP contribution in [-0.4, -0.2) is 40.3 Å². The van der Waals surface area contributed by atoms with E-state index < -0.39 is 0 Å². The number of rotatable bonds is 2. The lowest BCUT2D eigenvalue weighted by Gasteiger charge is -2.11. The number of nitrogens with one attached hydrogen (secondary N) is 1. The zero-order valence-electron chi connectivity index (χ0n) is 7.96. The van der Waals surface area contributed by atoms with Crippen molar-refractivity contribution in [2.45, 2.75) is 6.04 Å². The van der Waals surface area contributed by atoms with Crippen LogP contribution in [0.2, 0.25) is 0 Å². The fourth-order valence-corrected chi connectivity index (χ4v) is 1.35. The lowest BCUT2D eigenvalue weighted by atomic mass is 10.0. The van der Waals surface area contributed by atoms with E-state index in [9.17, 15) is 4.79 Å². The molecule has 1 amide bonds.